The SMILES string of the molecule is CCC(C)Oc1ncc(C(F)(F)F)c(N(C)c2ccccc2OC(C)CC)n1. The highest BCUT2D eigenvalue weighted by Gasteiger charge is 2.37. The molecule has 0 spiro atoms. The number of alkyl halides is 3. The second-order valence-electron chi connectivity index (χ2n) is 6.59. The van der Waals surface area contributed by atoms with E-state index in [1.165, 1.54) is 11.9 Å². The van der Waals surface area contributed by atoms with Crippen molar-refractivity contribution < 1.29 is 22.6 Å². The van der Waals surface area contributed by atoms with Crippen LogP contribution in [0, 0.1) is 0 Å². The van der Waals surface area contributed by atoms with Gasteiger partial charge in [0, 0.05) is 13.2 Å². The van der Waals surface area contributed by atoms with Gasteiger partial charge in [-0.25, -0.2) is 4.98 Å². The summed E-state index contributed by atoms with van der Waals surface area (Å²) in [5.41, 5.74) is -0.466. The molecule has 154 valence electrons. The van der Waals surface area contributed by atoms with Crippen molar-refractivity contribution in [2.24, 2.45) is 0 Å². The van der Waals surface area contributed by atoms with Crippen molar-refractivity contribution in [1.82, 2.24) is 9.97 Å². The molecule has 0 aliphatic heterocycles. The fourth-order valence-corrected chi connectivity index (χ4v) is 2.38. The van der Waals surface area contributed by atoms with Crippen LogP contribution >= 0.6 is 0 Å². The zero-order valence-corrected chi connectivity index (χ0v) is 16.7. The van der Waals surface area contributed by atoms with Crippen molar-refractivity contribution >= 4 is 11.5 Å². The number of hydrogen-bond donors (Lipinski definition) is 0. The van der Waals surface area contributed by atoms with Gasteiger partial charge in [0.15, 0.2) is 5.82 Å². The van der Waals surface area contributed by atoms with E-state index in [0.29, 0.717) is 17.9 Å². The molecular formula is C20H26F3N3O2. The number of rotatable bonds is 8. The molecule has 0 fully saturated rings. The van der Waals surface area contributed by atoms with Gasteiger partial charge in [0.2, 0.25) is 0 Å². The Morgan fingerprint density at radius 1 is 1.04 bits per heavy atom. The van der Waals surface area contributed by atoms with E-state index in [-0.39, 0.29) is 24.0 Å². The first-order chi connectivity index (χ1) is 13.2. The zero-order valence-electron chi connectivity index (χ0n) is 16.7. The molecule has 1 heterocycles. The third kappa shape index (κ3) is 5.27. The molecule has 1 aromatic carbocycles. The quantitative estimate of drug-likeness (QED) is 0.579. The molecule has 2 unspecified atom stereocenters. The van der Waals surface area contributed by atoms with E-state index in [2.05, 4.69) is 9.97 Å². The van der Waals surface area contributed by atoms with Gasteiger partial charge in [-0.05, 0) is 38.8 Å². The van der Waals surface area contributed by atoms with Crippen LogP contribution in [0.2, 0.25) is 0 Å². The molecule has 0 bridgehead atoms. The van der Waals surface area contributed by atoms with Crippen molar-refractivity contribution in [1.29, 1.82) is 0 Å². The van der Waals surface area contributed by atoms with Crippen molar-refractivity contribution in [3.63, 3.8) is 0 Å². The lowest BCUT2D eigenvalue weighted by molar-refractivity contribution is -0.137. The van der Waals surface area contributed by atoms with Crippen LogP contribution in [-0.2, 0) is 6.18 Å². The van der Waals surface area contributed by atoms with Gasteiger partial charge < -0.3 is 14.4 Å². The third-order valence-electron chi connectivity index (χ3n) is 4.38. The highest BCUT2D eigenvalue weighted by molar-refractivity contribution is 5.68. The van der Waals surface area contributed by atoms with Gasteiger partial charge in [-0.1, -0.05) is 26.0 Å². The minimum Gasteiger partial charge on any atom is -0.489 e. The Bertz CT molecular complexity index is 784. The monoisotopic (exact) mass is 397 g/mol. The standard InChI is InChI=1S/C20H26F3N3O2/c1-6-13(3)27-17-11-9-8-10-16(17)26(5)18-15(20(21,22)23)12-24-19(25-18)28-14(4)7-2/h8-14H,6-7H2,1-5H3. The van der Waals surface area contributed by atoms with Crippen LogP contribution in [0.3, 0.4) is 0 Å². The molecule has 8 heteroatoms. The fourth-order valence-electron chi connectivity index (χ4n) is 2.38. The highest BCUT2D eigenvalue weighted by atomic mass is 19.4. The lowest BCUT2D eigenvalue weighted by atomic mass is 10.2. The number of halogens is 3. The van der Waals surface area contributed by atoms with Crippen molar-refractivity contribution in [3.05, 3.63) is 36.0 Å². The van der Waals surface area contributed by atoms with E-state index in [0.717, 1.165) is 12.6 Å². The number of anilines is 2. The second-order valence-corrected chi connectivity index (χ2v) is 6.59. The Hall–Kier alpha value is -2.51. The Labute approximate surface area is 163 Å². The molecule has 0 saturated heterocycles. The molecule has 0 N–H and O–H groups in total. The lowest BCUT2D eigenvalue weighted by Gasteiger charge is -2.26. The van der Waals surface area contributed by atoms with E-state index < -0.39 is 11.7 Å². The molecule has 28 heavy (non-hydrogen) atoms. The first-order valence-corrected chi connectivity index (χ1v) is 9.27. The minimum atomic E-state index is -4.61. The Balaban J connectivity index is 2.51. The molecule has 5 nitrogen and oxygen atoms in total. The summed E-state index contributed by atoms with van der Waals surface area (Å²) in [7, 11) is 1.52. The molecule has 0 amide bonds. The average Bonchev–Trinajstić information content (AvgIpc) is 2.66. The first-order valence-electron chi connectivity index (χ1n) is 9.27. The van der Waals surface area contributed by atoms with Crippen LogP contribution in [0.25, 0.3) is 0 Å². The number of para-hydroxylation sites is 2. The summed E-state index contributed by atoms with van der Waals surface area (Å²) < 4.78 is 52.1. The predicted octanol–water partition coefficient (Wildman–Crippen LogP) is 5.62. The van der Waals surface area contributed by atoms with Gasteiger partial charge in [-0.15, -0.1) is 0 Å². The maximum atomic E-state index is 13.6. The number of nitrogens with zero attached hydrogens (tertiary/aromatic N) is 3. The first kappa shape index (κ1) is 21.8. The smallest absolute Gasteiger partial charge is 0.421 e. The maximum Gasteiger partial charge on any atom is 0.421 e. The van der Waals surface area contributed by atoms with Crippen LogP contribution in [-0.4, -0.2) is 29.2 Å². The van der Waals surface area contributed by atoms with Crippen LogP contribution in [0.15, 0.2) is 30.5 Å². The van der Waals surface area contributed by atoms with E-state index in [4.69, 9.17) is 9.47 Å². The molecule has 1 aromatic heterocycles. The summed E-state index contributed by atoms with van der Waals surface area (Å²) in [4.78, 5) is 9.16. The average molecular weight is 397 g/mol. The van der Waals surface area contributed by atoms with Crippen LogP contribution in [0.4, 0.5) is 24.7 Å². The summed E-state index contributed by atoms with van der Waals surface area (Å²) in [6, 6.07) is 6.83. The van der Waals surface area contributed by atoms with Gasteiger partial charge in [0.1, 0.15) is 11.3 Å². The van der Waals surface area contributed by atoms with Crippen molar-refractivity contribution in [2.75, 3.05) is 11.9 Å². The van der Waals surface area contributed by atoms with Crippen molar-refractivity contribution in [2.45, 2.75) is 58.9 Å². The Morgan fingerprint density at radius 2 is 1.64 bits per heavy atom. The minimum absolute atomic E-state index is 0.0775. The molecule has 2 aromatic rings. The molecular weight excluding hydrogens is 371 g/mol. The van der Waals surface area contributed by atoms with E-state index >= 15 is 0 Å². The number of benzene rings is 1. The summed E-state index contributed by atoms with van der Waals surface area (Å²) in [6.45, 7) is 7.59. The molecule has 2 rings (SSSR count). The molecule has 0 aliphatic rings. The zero-order chi connectivity index (χ0) is 20.9. The third-order valence-corrected chi connectivity index (χ3v) is 4.38. The topological polar surface area (TPSA) is 47.5 Å². The lowest BCUT2D eigenvalue weighted by Crippen LogP contribution is -2.21. The number of hydrogen-bond acceptors (Lipinski definition) is 5. The molecule has 0 saturated carbocycles. The normalized spacial score (nSPS) is 13.7. The van der Waals surface area contributed by atoms with Crippen LogP contribution < -0.4 is 14.4 Å². The van der Waals surface area contributed by atoms with Crippen LogP contribution in [0.1, 0.15) is 46.1 Å². The van der Waals surface area contributed by atoms with E-state index in [1.807, 2.05) is 20.8 Å². The van der Waals surface area contributed by atoms with Gasteiger partial charge in [0.25, 0.3) is 0 Å². The number of ether oxygens (including phenoxy) is 2. The molecule has 0 radical (unpaired) electrons. The maximum absolute atomic E-state index is 13.6. The van der Waals surface area contributed by atoms with Crippen molar-refractivity contribution in [3.8, 4) is 11.8 Å². The largest absolute Gasteiger partial charge is 0.489 e. The van der Waals surface area contributed by atoms with E-state index in [1.54, 1.807) is 31.2 Å². The van der Waals surface area contributed by atoms with Gasteiger partial charge in [-0.2, -0.15) is 18.2 Å². The summed E-state index contributed by atoms with van der Waals surface area (Å²) in [5, 5.41) is 0. The Morgan fingerprint density at radius 3 is 2.25 bits per heavy atom. The number of aromatic nitrogens is 2. The molecule has 2 atom stereocenters. The summed E-state index contributed by atoms with van der Waals surface area (Å²) >= 11 is 0. The fraction of sp³-hybridized carbons (Fsp3) is 0.500. The van der Waals surface area contributed by atoms with Gasteiger partial charge in [-0.3, -0.25) is 0 Å². The van der Waals surface area contributed by atoms with Gasteiger partial charge >= 0.3 is 12.2 Å². The second kappa shape index (κ2) is 9.12. The predicted molar refractivity (Wildman–Crippen MR) is 102 cm³/mol. The van der Waals surface area contributed by atoms with Gasteiger partial charge in [0.05, 0.1) is 17.9 Å². The Kier molecular flexibility index (Phi) is 7.10. The summed E-state index contributed by atoms with van der Waals surface area (Å²) in [6.07, 6.45) is -2.69. The highest BCUT2D eigenvalue weighted by Crippen LogP contribution is 2.40. The van der Waals surface area contributed by atoms with Crippen LogP contribution in [0.5, 0.6) is 11.8 Å². The summed E-state index contributed by atoms with van der Waals surface area (Å²) in [5.74, 6) is 0.191. The van der Waals surface area contributed by atoms with E-state index in [9.17, 15) is 13.2 Å². The molecule has 0 aliphatic carbocycles.